The van der Waals surface area contributed by atoms with Crippen LogP contribution in [0.2, 0.25) is 0 Å². The summed E-state index contributed by atoms with van der Waals surface area (Å²) in [5.41, 5.74) is 6.08. The smallest absolute Gasteiger partial charge is 0.264 e. The number of halogens is 2. The molecule has 0 radical (unpaired) electrons. The molecule has 0 bridgehead atoms. The fourth-order valence-corrected chi connectivity index (χ4v) is 1.45. The zero-order chi connectivity index (χ0) is 11.7. The highest BCUT2D eigenvalue weighted by Gasteiger charge is 2.31. The summed E-state index contributed by atoms with van der Waals surface area (Å²) in [6.07, 6.45) is 1.09. The summed E-state index contributed by atoms with van der Waals surface area (Å²) in [6, 6.07) is 0. The molecule has 1 aromatic rings. The number of aromatic nitrogens is 2. The SMILES string of the molecule is CC(C)(C)c1[nH]ncc1CC(F)(F)CN. The number of hydrogen-bond donors (Lipinski definition) is 2. The van der Waals surface area contributed by atoms with E-state index in [4.69, 9.17) is 5.73 Å². The number of hydrogen-bond acceptors (Lipinski definition) is 2. The number of rotatable bonds is 3. The third-order valence-electron chi connectivity index (χ3n) is 2.22. The minimum absolute atomic E-state index is 0.212. The van der Waals surface area contributed by atoms with Gasteiger partial charge < -0.3 is 5.73 Å². The van der Waals surface area contributed by atoms with Crippen LogP contribution in [0.25, 0.3) is 0 Å². The predicted molar refractivity (Wildman–Crippen MR) is 55.0 cm³/mol. The fourth-order valence-electron chi connectivity index (χ4n) is 1.45. The van der Waals surface area contributed by atoms with E-state index in [1.807, 2.05) is 20.8 Å². The standard InChI is InChI=1S/C10H17F2N3/c1-9(2,3)8-7(5-14-15-8)4-10(11,12)6-13/h5H,4,6,13H2,1-3H3,(H,14,15). The van der Waals surface area contributed by atoms with Crippen molar-refractivity contribution in [3.8, 4) is 0 Å². The molecule has 1 heterocycles. The van der Waals surface area contributed by atoms with E-state index in [2.05, 4.69) is 10.2 Å². The molecule has 1 rings (SSSR count). The molecule has 0 saturated carbocycles. The summed E-state index contributed by atoms with van der Waals surface area (Å²) < 4.78 is 26.2. The van der Waals surface area contributed by atoms with Gasteiger partial charge in [-0.15, -0.1) is 0 Å². The molecule has 3 N–H and O–H groups in total. The minimum atomic E-state index is -2.86. The Morgan fingerprint density at radius 3 is 2.47 bits per heavy atom. The third kappa shape index (κ3) is 2.99. The van der Waals surface area contributed by atoms with Crippen LogP contribution in [0.5, 0.6) is 0 Å². The van der Waals surface area contributed by atoms with Crippen molar-refractivity contribution in [2.24, 2.45) is 5.73 Å². The van der Waals surface area contributed by atoms with E-state index in [9.17, 15) is 8.78 Å². The maximum Gasteiger partial charge on any atom is 0.264 e. The van der Waals surface area contributed by atoms with Crippen molar-refractivity contribution in [3.05, 3.63) is 17.5 Å². The minimum Gasteiger partial charge on any atom is -0.325 e. The van der Waals surface area contributed by atoms with Crippen LogP contribution in [0, 0.1) is 0 Å². The van der Waals surface area contributed by atoms with Crippen LogP contribution in [0.4, 0.5) is 8.78 Å². The normalized spacial score (nSPS) is 13.2. The highest BCUT2D eigenvalue weighted by Crippen LogP contribution is 2.27. The maximum atomic E-state index is 13.1. The van der Waals surface area contributed by atoms with Crippen molar-refractivity contribution in [2.45, 2.75) is 38.5 Å². The molecule has 0 amide bonds. The third-order valence-corrected chi connectivity index (χ3v) is 2.22. The van der Waals surface area contributed by atoms with E-state index in [0.717, 1.165) is 5.69 Å². The van der Waals surface area contributed by atoms with Gasteiger partial charge in [-0.05, 0) is 5.56 Å². The Bertz CT molecular complexity index is 326. The second-order valence-corrected chi connectivity index (χ2v) is 4.76. The van der Waals surface area contributed by atoms with Gasteiger partial charge >= 0.3 is 0 Å². The lowest BCUT2D eigenvalue weighted by atomic mass is 9.88. The van der Waals surface area contributed by atoms with E-state index < -0.39 is 12.5 Å². The Morgan fingerprint density at radius 2 is 2.00 bits per heavy atom. The molecule has 15 heavy (non-hydrogen) atoms. The molecule has 0 aliphatic carbocycles. The lowest BCUT2D eigenvalue weighted by molar-refractivity contribution is 0.0111. The Hall–Kier alpha value is -0.970. The molecule has 0 saturated heterocycles. The van der Waals surface area contributed by atoms with Gasteiger partial charge in [0.1, 0.15) is 0 Å². The Balaban J connectivity index is 2.92. The number of nitrogens with one attached hydrogen (secondary N) is 1. The summed E-state index contributed by atoms with van der Waals surface area (Å²) in [5.74, 6) is -2.86. The van der Waals surface area contributed by atoms with Gasteiger partial charge in [-0.25, -0.2) is 8.78 Å². The number of nitrogens with zero attached hydrogens (tertiary/aromatic N) is 1. The van der Waals surface area contributed by atoms with Gasteiger partial charge in [0.25, 0.3) is 5.92 Å². The van der Waals surface area contributed by atoms with E-state index in [1.54, 1.807) is 0 Å². The van der Waals surface area contributed by atoms with Crippen molar-refractivity contribution in [1.82, 2.24) is 10.2 Å². The second-order valence-electron chi connectivity index (χ2n) is 4.76. The van der Waals surface area contributed by atoms with Crippen molar-refractivity contribution < 1.29 is 8.78 Å². The number of alkyl halides is 2. The number of aromatic amines is 1. The summed E-state index contributed by atoms with van der Waals surface area (Å²) in [5, 5.41) is 6.58. The van der Waals surface area contributed by atoms with Crippen LogP contribution in [0.15, 0.2) is 6.20 Å². The summed E-state index contributed by atoms with van der Waals surface area (Å²) >= 11 is 0. The molecular weight excluding hydrogens is 200 g/mol. The molecule has 0 fully saturated rings. The molecular formula is C10H17F2N3. The first-order valence-electron chi connectivity index (χ1n) is 4.87. The van der Waals surface area contributed by atoms with Gasteiger partial charge in [0, 0.05) is 17.5 Å². The molecule has 0 atom stereocenters. The van der Waals surface area contributed by atoms with Crippen LogP contribution < -0.4 is 5.73 Å². The Labute approximate surface area is 88.1 Å². The van der Waals surface area contributed by atoms with E-state index in [-0.39, 0.29) is 11.8 Å². The maximum absolute atomic E-state index is 13.1. The Morgan fingerprint density at radius 1 is 1.40 bits per heavy atom. The number of nitrogens with two attached hydrogens (primary N) is 1. The summed E-state index contributed by atoms with van der Waals surface area (Å²) in [4.78, 5) is 0. The van der Waals surface area contributed by atoms with Crippen LogP contribution in [0.3, 0.4) is 0 Å². The lowest BCUT2D eigenvalue weighted by Crippen LogP contribution is -2.31. The van der Waals surface area contributed by atoms with Crippen molar-refractivity contribution in [2.75, 3.05) is 6.54 Å². The molecule has 0 aromatic carbocycles. The zero-order valence-corrected chi connectivity index (χ0v) is 9.27. The van der Waals surface area contributed by atoms with Crippen LogP contribution in [-0.4, -0.2) is 22.7 Å². The van der Waals surface area contributed by atoms with Crippen LogP contribution >= 0.6 is 0 Å². The van der Waals surface area contributed by atoms with Gasteiger partial charge in [-0.2, -0.15) is 5.10 Å². The number of H-pyrrole nitrogens is 1. The zero-order valence-electron chi connectivity index (χ0n) is 9.27. The average molecular weight is 217 g/mol. The molecule has 86 valence electrons. The van der Waals surface area contributed by atoms with Crippen molar-refractivity contribution >= 4 is 0 Å². The molecule has 5 heteroatoms. The fraction of sp³-hybridized carbons (Fsp3) is 0.700. The molecule has 1 aromatic heterocycles. The van der Waals surface area contributed by atoms with Gasteiger partial charge in [-0.3, -0.25) is 5.10 Å². The first-order valence-corrected chi connectivity index (χ1v) is 4.87. The molecule has 0 spiro atoms. The van der Waals surface area contributed by atoms with E-state index in [1.165, 1.54) is 6.20 Å². The van der Waals surface area contributed by atoms with Gasteiger partial charge in [0.05, 0.1) is 12.7 Å². The average Bonchev–Trinajstić information content (AvgIpc) is 2.50. The molecule has 0 aliphatic heterocycles. The van der Waals surface area contributed by atoms with Gasteiger partial charge in [0.15, 0.2) is 0 Å². The van der Waals surface area contributed by atoms with E-state index >= 15 is 0 Å². The molecule has 3 nitrogen and oxygen atoms in total. The molecule has 0 aliphatic rings. The lowest BCUT2D eigenvalue weighted by Gasteiger charge is -2.20. The monoisotopic (exact) mass is 217 g/mol. The first-order chi connectivity index (χ1) is 6.76. The van der Waals surface area contributed by atoms with Crippen LogP contribution in [0.1, 0.15) is 32.0 Å². The summed E-state index contributed by atoms with van der Waals surface area (Å²) in [7, 11) is 0. The topological polar surface area (TPSA) is 54.7 Å². The highest BCUT2D eigenvalue weighted by atomic mass is 19.3. The van der Waals surface area contributed by atoms with Gasteiger partial charge in [0.2, 0.25) is 0 Å². The van der Waals surface area contributed by atoms with Crippen LogP contribution in [-0.2, 0) is 11.8 Å². The summed E-state index contributed by atoms with van der Waals surface area (Å²) in [6.45, 7) is 5.21. The first kappa shape index (κ1) is 12.1. The Kier molecular flexibility index (Phi) is 3.13. The molecule has 0 unspecified atom stereocenters. The highest BCUT2D eigenvalue weighted by molar-refractivity contribution is 5.24. The predicted octanol–water partition coefficient (Wildman–Crippen LogP) is 1.84. The van der Waals surface area contributed by atoms with E-state index in [0.29, 0.717) is 5.56 Å². The van der Waals surface area contributed by atoms with Gasteiger partial charge in [-0.1, -0.05) is 20.8 Å². The van der Waals surface area contributed by atoms with Crippen molar-refractivity contribution in [1.29, 1.82) is 0 Å². The second kappa shape index (κ2) is 3.89. The quantitative estimate of drug-likeness (QED) is 0.811. The van der Waals surface area contributed by atoms with Crippen molar-refractivity contribution in [3.63, 3.8) is 0 Å². The largest absolute Gasteiger partial charge is 0.325 e.